The minimum absolute atomic E-state index is 0.303. The van der Waals surface area contributed by atoms with Gasteiger partial charge in [0.25, 0.3) is 0 Å². The molecule has 2 aromatic rings. The first-order chi connectivity index (χ1) is 8.20. The number of nitrogens with zero attached hydrogens (tertiary/aromatic N) is 2. The highest BCUT2D eigenvalue weighted by Gasteiger charge is 1.71. The van der Waals surface area contributed by atoms with Gasteiger partial charge >= 0.3 is 11.4 Å². The van der Waals surface area contributed by atoms with Gasteiger partial charge in [-0.1, -0.05) is 0 Å². The summed E-state index contributed by atoms with van der Waals surface area (Å²) in [4.78, 5) is 31.7. The molecule has 0 bridgehead atoms. The molecule has 0 saturated carbocycles. The van der Waals surface area contributed by atoms with Crippen LogP contribution in [0.25, 0.3) is 0 Å². The summed E-state index contributed by atoms with van der Waals surface area (Å²) in [6.07, 6.45) is 10.6. The lowest BCUT2D eigenvalue weighted by Gasteiger charge is -1.72. The maximum atomic E-state index is 10.1. The third kappa shape index (κ3) is 9.62. The second-order valence-corrected chi connectivity index (χ2v) is 2.46. The van der Waals surface area contributed by atoms with Crippen LogP contribution >= 0.6 is 0 Å². The van der Waals surface area contributed by atoms with E-state index in [4.69, 9.17) is 0 Å². The SMILES string of the molecule is C#CC.O=c1nccc[nH]1.O=c1nccc[nH]1. The molecule has 88 valence electrons. The van der Waals surface area contributed by atoms with Crippen molar-refractivity contribution < 1.29 is 0 Å². The molecular formula is C11H12N4O2. The smallest absolute Gasteiger partial charge is 0.313 e. The molecule has 0 atom stereocenters. The maximum absolute atomic E-state index is 10.1. The van der Waals surface area contributed by atoms with Gasteiger partial charge in [0.1, 0.15) is 0 Å². The monoisotopic (exact) mass is 232 g/mol. The molecule has 0 saturated heterocycles. The van der Waals surface area contributed by atoms with Gasteiger partial charge in [0, 0.05) is 24.8 Å². The van der Waals surface area contributed by atoms with Gasteiger partial charge < -0.3 is 9.97 Å². The normalized spacial score (nSPS) is 7.53. The first kappa shape index (κ1) is 14.3. The van der Waals surface area contributed by atoms with Gasteiger partial charge in [-0.05, 0) is 19.1 Å². The van der Waals surface area contributed by atoms with Crippen molar-refractivity contribution in [1.82, 2.24) is 19.9 Å². The van der Waals surface area contributed by atoms with Crippen LogP contribution in [0.5, 0.6) is 0 Å². The minimum atomic E-state index is -0.303. The highest BCUT2D eigenvalue weighted by molar-refractivity contribution is 4.76. The lowest BCUT2D eigenvalue weighted by molar-refractivity contribution is 1.08. The van der Waals surface area contributed by atoms with E-state index in [1.54, 1.807) is 19.1 Å². The standard InChI is InChI=1S/2C4H4N2O.C3H4/c2*7-4-5-2-1-3-6-4;1-3-2/h2*1-3H,(H,5,6,7);1H,2H3. The fraction of sp³-hybridized carbons (Fsp3) is 0.0909. The van der Waals surface area contributed by atoms with Crippen molar-refractivity contribution in [2.24, 2.45) is 0 Å². The van der Waals surface area contributed by atoms with E-state index in [-0.39, 0.29) is 11.4 Å². The molecule has 2 aromatic heterocycles. The van der Waals surface area contributed by atoms with Crippen molar-refractivity contribution in [3.05, 3.63) is 57.9 Å². The molecule has 0 amide bonds. The molecule has 0 aliphatic carbocycles. The van der Waals surface area contributed by atoms with Crippen molar-refractivity contribution in [1.29, 1.82) is 0 Å². The van der Waals surface area contributed by atoms with E-state index in [1.807, 2.05) is 0 Å². The Morgan fingerprint density at radius 2 is 1.41 bits per heavy atom. The Bertz CT molecular complexity index is 473. The van der Waals surface area contributed by atoms with Crippen LogP contribution < -0.4 is 11.4 Å². The van der Waals surface area contributed by atoms with Gasteiger partial charge in [-0.3, -0.25) is 0 Å². The zero-order chi connectivity index (χ0) is 12.9. The highest BCUT2D eigenvalue weighted by Crippen LogP contribution is 1.61. The molecule has 2 N–H and O–H groups in total. The summed E-state index contributed by atoms with van der Waals surface area (Å²) in [6, 6.07) is 3.31. The number of rotatable bonds is 0. The number of hydrogen-bond donors (Lipinski definition) is 2. The van der Waals surface area contributed by atoms with Crippen LogP contribution in [0.1, 0.15) is 6.92 Å². The van der Waals surface area contributed by atoms with Gasteiger partial charge in [0.15, 0.2) is 0 Å². The Labute approximate surface area is 97.8 Å². The molecular weight excluding hydrogens is 220 g/mol. The van der Waals surface area contributed by atoms with Gasteiger partial charge in [-0.25, -0.2) is 19.6 Å². The van der Waals surface area contributed by atoms with E-state index in [0.717, 1.165) is 0 Å². The number of nitrogens with one attached hydrogen (secondary N) is 2. The van der Waals surface area contributed by atoms with Crippen LogP contribution in [-0.4, -0.2) is 19.9 Å². The van der Waals surface area contributed by atoms with Crippen molar-refractivity contribution in [3.8, 4) is 12.3 Å². The van der Waals surface area contributed by atoms with E-state index >= 15 is 0 Å². The molecule has 0 aliphatic heterocycles. The third-order valence-electron chi connectivity index (χ3n) is 1.16. The fourth-order valence-electron chi connectivity index (χ4n) is 0.621. The first-order valence-corrected chi connectivity index (χ1v) is 4.57. The Morgan fingerprint density at radius 3 is 1.53 bits per heavy atom. The van der Waals surface area contributed by atoms with Gasteiger partial charge in [0.2, 0.25) is 0 Å². The quantitative estimate of drug-likeness (QED) is 0.634. The van der Waals surface area contributed by atoms with Crippen LogP contribution in [0.3, 0.4) is 0 Å². The van der Waals surface area contributed by atoms with Crippen molar-refractivity contribution in [2.45, 2.75) is 6.92 Å². The van der Waals surface area contributed by atoms with E-state index in [9.17, 15) is 9.59 Å². The molecule has 6 nitrogen and oxygen atoms in total. The fourth-order valence-corrected chi connectivity index (χ4v) is 0.621. The summed E-state index contributed by atoms with van der Waals surface area (Å²) in [7, 11) is 0. The lowest BCUT2D eigenvalue weighted by Crippen LogP contribution is -2.05. The zero-order valence-corrected chi connectivity index (χ0v) is 9.25. The van der Waals surface area contributed by atoms with Crippen molar-refractivity contribution >= 4 is 0 Å². The Kier molecular flexibility index (Phi) is 8.30. The number of terminal acetylenes is 1. The van der Waals surface area contributed by atoms with Crippen LogP contribution in [0.4, 0.5) is 0 Å². The van der Waals surface area contributed by atoms with Crippen LogP contribution in [0.15, 0.2) is 46.5 Å². The molecule has 0 aromatic carbocycles. The molecule has 0 spiro atoms. The second-order valence-electron chi connectivity index (χ2n) is 2.46. The van der Waals surface area contributed by atoms with E-state index in [1.165, 1.54) is 24.8 Å². The van der Waals surface area contributed by atoms with E-state index in [0.29, 0.717) is 0 Å². The second kappa shape index (κ2) is 9.86. The number of aromatic nitrogens is 4. The number of aromatic amines is 2. The molecule has 0 fully saturated rings. The molecule has 2 heterocycles. The highest BCUT2D eigenvalue weighted by atomic mass is 16.1. The number of H-pyrrole nitrogens is 2. The summed E-state index contributed by atoms with van der Waals surface area (Å²) in [6.45, 7) is 1.65. The largest absolute Gasteiger partial charge is 0.344 e. The summed E-state index contributed by atoms with van der Waals surface area (Å²) >= 11 is 0. The molecule has 6 heteroatoms. The summed E-state index contributed by atoms with van der Waals surface area (Å²) in [5, 5.41) is 0. The van der Waals surface area contributed by atoms with Gasteiger partial charge in [-0.2, -0.15) is 0 Å². The Hall–Kier alpha value is -2.68. The van der Waals surface area contributed by atoms with Crippen molar-refractivity contribution in [3.63, 3.8) is 0 Å². The molecule has 0 radical (unpaired) electrons. The van der Waals surface area contributed by atoms with E-state index in [2.05, 4.69) is 32.3 Å². The van der Waals surface area contributed by atoms with Crippen molar-refractivity contribution in [2.75, 3.05) is 0 Å². The maximum Gasteiger partial charge on any atom is 0.344 e. The summed E-state index contributed by atoms with van der Waals surface area (Å²) in [5.41, 5.74) is -0.606. The van der Waals surface area contributed by atoms with E-state index < -0.39 is 0 Å². The van der Waals surface area contributed by atoms with Crippen LogP contribution in [0.2, 0.25) is 0 Å². The van der Waals surface area contributed by atoms with Crippen LogP contribution in [0, 0.1) is 12.3 Å². The molecule has 0 aliphatic rings. The minimum Gasteiger partial charge on any atom is -0.313 e. The third-order valence-corrected chi connectivity index (χ3v) is 1.16. The average Bonchev–Trinajstić information content (AvgIpc) is 2.33. The predicted molar refractivity (Wildman–Crippen MR) is 64.2 cm³/mol. The summed E-state index contributed by atoms with van der Waals surface area (Å²) in [5.74, 6) is 2.25. The predicted octanol–water partition coefficient (Wildman–Crippen LogP) is 0.179. The summed E-state index contributed by atoms with van der Waals surface area (Å²) < 4.78 is 0. The Balaban J connectivity index is 0.000000247. The topological polar surface area (TPSA) is 91.5 Å². The van der Waals surface area contributed by atoms with Gasteiger partial charge in [-0.15, -0.1) is 12.3 Å². The first-order valence-electron chi connectivity index (χ1n) is 4.57. The zero-order valence-electron chi connectivity index (χ0n) is 9.25. The number of hydrogen-bond acceptors (Lipinski definition) is 4. The molecule has 0 unspecified atom stereocenters. The molecule has 2 rings (SSSR count). The lowest BCUT2D eigenvalue weighted by atomic mass is 10.7. The molecule has 17 heavy (non-hydrogen) atoms. The van der Waals surface area contributed by atoms with Crippen LogP contribution in [-0.2, 0) is 0 Å². The van der Waals surface area contributed by atoms with Gasteiger partial charge in [0.05, 0.1) is 0 Å². The Morgan fingerprint density at radius 1 is 1.06 bits per heavy atom. The average molecular weight is 232 g/mol.